The van der Waals surface area contributed by atoms with Crippen molar-refractivity contribution in [2.24, 2.45) is 5.92 Å². The number of urea groups is 1. The Morgan fingerprint density at radius 2 is 1.96 bits per heavy atom. The number of rotatable bonds is 4. The Hall–Kier alpha value is -2.89. The third-order valence-electron chi connectivity index (χ3n) is 3.81. The largest absolute Gasteiger partial charge is 0.466 e. The van der Waals surface area contributed by atoms with E-state index in [0.717, 1.165) is 24.3 Å². The molecule has 0 aliphatic carbocycles. The number of carbonyl (C=O) groups excluding carboxylic acids is 2. The third-order valence-corrected chi connectivity index (χ3v) is 3.81. The zero-order valence-electron chi connectivity index (χ0n) is 13.2. The first-order valence-corrected chi connectivity index (χ1v) is 7.30. The van der Waals surface area contributed by atoms with Crippen LogP contribution in [0, 0.1) is 16.0 Å². The quantitative estimate of drug-likeness (QED) is 0.413. The highest BCUT2D eigenvalue weighted by molar-refractivity contribution is 5.83. The summed E-state index contributed by atoms with van der Waals surface area (Å²) in [4.78, 5) is 33.8. The van der Waals surface area contributed by atoms with Gasteiger partial charge in [0.1, 0.15) is 5.92 Å². The summed E-state index contributed by atoms with van der Waals surface area (Å²) in [5, 5.41) is 24.2. The molecule has 0 saturated carbocycles. The number of alkyl halides is 3. The first-order chi connectivity index (χ1) is 12.0. The molecule has 2 amide bonds. The van der Waals surface area contributed by atoms with E-state index in [1.54, 1.807) is 0 Å². The Morgan fingerprint density at radius 1 is 1.38 bits per heavy atom. The van der Waals surface area contributed by atoms with E-state index in [1.165, 1.54) is 12.2 Å². The number of ether oxygens (including phenoxy) is 1. The smallest absolute Gasteiger partial charge is 0.437 e. The van der Waals surface area contributed by atoms with Crippen LogP contribution in [0.25, 0.3) is 0 Å². The van der Waals surface area contributed by atoms with Gasteiger partial charge >= 0.3 is 18.2 Å². The number of benzene rings is 1. The number of nitro groups is 1. The van der Waals surface area contributed by atoms with Crippen LogP contribution in [0.2, 0.25) is 0 Å². The van der Waals surface area contributed by atoms with E-state index in [-0.39, 0.29) is 17.9 Å². The molecule has 0 aromatic heterocycles. The Bertz CT molecular complexity index is 724. The van der Waals surface area contributed by atoms with Gasteiger partial charge in [0.15, 0.2) is 0 Å². The van der Waals surface area contributed by atoms with E-state index < -0.39 is 40.8 Å². The number of nitrogens with one attached hydrogen (secondary N) is 2. The molecular weight excluding hydrogens is 363 g/mol. The molecule has 1 aromatic carbocycles. The summed E-state index contributed by atoms with van der Waals surface area (Å²) in [7, 11) is 0. The van der Waals surface area contributed by atoms with Crippen LogP contribution in [0.3, 0.4) is 0 Å². The summed E-state index contributed by atoms with van der Waals surface area (Å²) >= 11 is 0. The SMILES string of the molecule is CCOC(=O)[C@H]1[C@H](c2ccc([N+](=O)[O-])cc2)NC(=O)N[C@]1(O)C(F)(F)F. The standard InChI is InChI=1S/C14H14F3N3O6/c1-2-26-11(21)9-10(7-3-5-8(6-4-7)20(24)25)18-12(22)19-13(9,23)14(15,16)17/h3-6,9-10,23H,2H2,1H3,(H2,18,19,22)/t9-,10+,13-/m1/s1. The second kappa shape index (κ2) is 6.78. The molecule has 1 aliphatic rings. The molecule has 0 unspecified atom stereocenters. The van der Waals surface area contributed by atoms with Gasteiger partial charge in [-0.25, -0.2) is 4.79 Å². The second-order valence-electron chi connectivity index (χ2n) is 5.42. The van der Waals surface area contributed by atoms with Crippen LogP contribution in [0.4, 0.5) is 23.7 Å². The number of hydrogen-bond acceptors (Lipinski definition) is 6. The lowest BCUT2D eigenvalue weighted by Crippen LogP contribution is -2.73. The highest BCUT2D eigenvalue weighted by atomic mass is 19.4. The predicted octanol–water partition coefficient (Wildman–Crippen LogP) is 1.38. The normalized spacial score (nSPS) is 25.8. The minimum absolute atomic E-state index is 0.0498. The van der Waals surface area contributed by atoms with Crippen molar-refractivity contribution < 1.29 is 37.5 Å². The van der Waals surface area contributed by atoms with Gasteiger partial charge < -0.3 is 20.5 Å². The Kier molecular flexibility index (Phi) is 5.07. The second-order valence-corrected chi connectivity index (χ2v) is 5.42. The number of halogens is 3. The molecule has 1 aromatic rings. The maximum absolute atomic E-state index is 13.4. The maximum Gasteiger partial charge on any atom is 0.437 e. The number of amides is 2. The van der Waals surface area contributed by atoms with Crippen molar-refractivity contribution in [2.45, 2.75) is 24.9 Å². The Labute approximate surface area is 144 Å². The van der Waals surface area contributed by atoms with E-state index in [9.17, 15) is 38.0 Å². The van der Waals surface area contributed by atoms with E-state index in [1.807, 2.05) is 0 Å². The topological polar surface area (TPSA) is 131 Å². The van der Waals surface area contributed by atoms with Crippen LogP contribution in [0.1, 0.15) is 18.5 Å². The molecule has 2 rings (SSSR count). The van der Waals surface area contributed by atoms with Crippen molar-refractivity contribution in [3.05, 3.63) is 39.9 Å². The van der Waals surface area contributed by atoms with E-state index in [0.29, 0.717) is 0 Å². The van der Waals surface area contributed by atoms with Crippen molar-refractivity contribution in [3.63, 3.8) is 0 Å². The Balaban J connectivity index is 2.54. The Morgan fingerprint density at radius 3 is 2.42 bits per heavy atom. The van der Waals surface area contributed by atoms with Gasteiger partial charge in [0.05, 0.1) is 17.6 Å². The number of esters is 1. The lowest BCUT2D eigenvalue weighted by atomic mass is 9.82. The molecule has 9 nitrogen and oxygen atoms in total. The van der Waals surface area contributed by atoms with Gasteiger partial charge in [-0.1, -0.05) is 12.1 Å². The highest BCUT2D eigenvalue weighted by Crippen LogP contribution is 2.43. The molecule has 12 heteroatoms. The van der Waals surface area contributed by atoms with Gasteiger partial charge in [0.25, 0.3) is 11.4 Å². The first-order valence-electron chi connectivity index (χ1n) is 7.30. The van der Waals surface area contributed by atoms with Gasteiger partial charge in [-0.05, 0) is 12.5 Å². The van der Waals surface area contributed by atoms with E-state index >= 15 is 0 Å². The van der Waals surface area contributed by atoms with Crippen LogP contribution in [0.5, 0.6) is 0 Å². The van der Waals surface area contributed by atoms with Crippen LogP contribution < -0.4 is 10.6 Å². The van der Waals surface area contributed by atoms with Gasteiger partial charge in [-0.2, -0.15) is 13.2 Å². The number of nitrogens with zero attached hydrogens (tertiary/aromatic N) is 1. The van der Waals surface area contributed by atoms with Gasteiger partial charge in [-0.3, -0.25) is 14.9 Å². The molecule has 3 N–H and O–H groups in total. The van der Waals surface area contributed by atoms with Crippen LogP contribution in [0.15, 0.2) is 24.3 Å². The monoisotopic (exact) mass is 377 g/mol. The summed E-state index contributed by atoms with van der Waals surface area (Å²) in [6.07, 6.45) is -5.39. The number of non-ortho nitro benzene ring substituents is 1. The van der Waals surface area contributed by atoms with E-state index in [2.05, 4.69) is 10.1 Å². The zero-order chi connectivity index (χ0) is 19.7. The van der Waals surface area contributed by atoms with Gasteiger partial charge in [0.2, 0.25) is 0 Å². The predicted molar refractivity (Wildman–Crippen MR) is 78.6 cm³/mol. The van der Waals surface area contributed by atoms with Crippen molar-refractivity contribution >= 4 is 17.7 Å². The van der Waals surface area contributed by atoms with Crippen molar-refractivity contribution in [1.82, 2.24) is 10.6 Å². The van der Waals surface area contributed by atoms with Crippen molar-refractivity contribution in [1.29, 1.82) is 0 Å². The fourth-order valence-corrected chi connectivity index (χ4v) is 2.62. The molecule has 1 heterocycles. The number of nitro benzene ring substituents is 1. The average molecular weight is 377 g/mol. The number of hydrogen-bond donors (Lipinski definition) is 3. The molecule has 0 bridgehead atoms. The number of carbonyl (C=O) groups is 2. The molecular formula is C14H14F3N3O6. The third kappa shape index (κ3) is 3.40. The summed E-state index contributed by atoms with van der Waals surface area (Å²) in [6, 6.07) is 1.16. The average Bonchev–Trinajstić information content (AvgIpc) is 2.53. The molecule has 142 valence electrons. The van der Waals surface area contributed by atoms with Crippen LogP contribution in [-0.2, 0) is 9.53 Å². The fourth-order valence-electron chi connectivity index (χ4n) is 2.62. The van der Waals surface area contributed by atoms with Crippen molar-refractivity contribution in [2.75, 3.05) is 6.61 Å². The highest BCUT2D eigenvalue weighted by Gasteiger charge is 2.67. The summed E-state index contributed by atoms with van der Waals surface area (Å²) in [6.45, 7) is 1.10. The molecule has 1 aliphatic heterocycles. The molecule has 0 spiro atoms. The zero-order valence-corrected chi connectivity index (χ0v) is 13.2. The molecule has 26 heavy (non-hydrogen) atoms. The minimum atomic E-state index is -5.39. The minimum Gasteiger partial charge on any atom is -0.466 e. The van der Waals surface area contributed by atoms with Gasteiger partial charge in [0, 0.05) is 12.1 Å². The first kappa shape index (κ1) is 19.4. The lowest BCUT2D eigenvalue weighted by molar-refractivity contribution is -0.384. The molecule has 1 saturated heterocycles. The molecule has 3 atom stereocenters. The van der Waals surface area contributed by atoms with Crippen molar-refractivity contribution in [3.8, 4) is 0 Å². The number of aliphatic hydroxyl groups is 1. The summed E-state index contributed by atoms with van der Waals surface area (Å²) in [5.74, 6) is -3.68. The van der Waals surface area contributed by atoms with Gasteiger partial charge in [-0.15, -0.1) is 0 Å². The summed E-state index contributed by atoms with van der Waals surface area (Å²) < 4.78 is 44.9. The fraction of sp³-hybridized carbons (Fsp3) is 0.429. The van der Waals surface area contributed by atoms with E-state index in [4.69, 9.17) is 0 Å². The lowest BCUT2D eigenvalue weighted by Gasteiger charge is -2.44. The van der Waals surface area contributed by atoms with Crippen LogP contribution >= 0.6 is 0 Å². The summed E-state index contributed by atoms with van der Waals surface area (Å²) in [5.41, 5.74) is -4.27. The molecule has 0 radical (unpaired) electrons. The maximum atomic E-state index is 13.4. The van der Waals surface area contributed by atoms with Crippen LogP contribution in [-0.4, -0.2) is 40.5 Å². The molecule has 1 fully saturated rings.